The number of carbonyl (C=O) groups is 1. The minimum Gasteiger partial charge on any atom is -0.324 e. The molecule has 0 saturated carbocycles. The number of nitrogens with one attached hydrogen (secondary N) is 1. The monoisotopic (exact) mass is 449 g/mol. The Kier molecular flexibility index (Phi) is 6.69. The van der Waals surface area contributed by atoms with Crippen LogP contribution in [0.1, 0.15) is 6.92 Å². The Morgan fingerprint density at radius 1 is 0.812 bits per heavy atom. The molecule has 1 heterocycles. The van der Waals surface area contributed by atoms with Crippen molar-refractivity contribution >= 4 is 21.6 Å². The van der Waals surface area contributed by atoms with Gasteiger partial charge in [0.05, 0.1) is 10.9 Å². The molecule has 7 heteroatoms. The lowest BCUT2D eigenvalue weighted by Crippen LogP contribution is -2.53. The normalized spacial score (nSPS) is 16.4. The van der Waals surface area contributed by atoms with Crippen molar-refractivity contribution in [2.45, 2.75) is 17.9 Å². The number of amides is 1. The second-order valence-corrected chi connectivity index (χ2v) is 9.77. The largest absolute Gasteiger partial charge is 0.324 e. The molecule has 32 heavy (non-hydrogen) atoms. The highest BCUT2D eigenvalue weighted by Crippen LogP contribution is 2.28. The van der Waals surface area contributed by atoms with Crippen molar-refractivity contribution in [2.75, 3.05) is 31.5 Å². The molecule has 0 bridgehead atoms. The van der Waals surface area contributed by atoms with Crippen LogP contribution in [-0.4, -0.2) is 55.8 Å². The third-order valence-electron chi connectivity index (χ3n) is 5.85. The van der Waals surface area contributed by atoms with Gasteiger partial charge in [0.15, 0.2) is 0 Å². The van der Waals surface area contributed by atoms with E-state index in [4.69, 9.17) is 0 Å². The van der Waals surface area contributed by atoms with Gasteiger partial charge in [-0.05, 0) is 30.7 Å². The molecule has 6 nitrogen and oxygen atoms in total. The molecule has 0 aliphatic carbocycles. The zero-order chi connectivity index (χ0) is 22.6. The molecule has 0 aromatic heterocycles. The fourth-order valence-electron chi connectivity index (χ4n) is 3.94. The lowest BCUT2D eigenvalue weighted by Gasteiger charge is -2.36. The second kappa shape index (κ2) is 9.65. The molecular formula is C25H27N3O3S. The number of anilines is 1. The Balaban J connectivity index is 1.40. The molecule has 0 unspecified atom stereocenters. The van der Waals surface area contributed by atoms with E-state index in [-0.39, 0.29) is 11.9 Å². The topological polar surface area (TPSA) is 69.7 Å². The van der Waals surface area contributed by atoms with Crippen molar-refractivity contribution in [3.63, 3.8) is 0 Å². The predicted molar refractivity (Wildman–Crippen MR) is 127 cm³/mol. The first-order valence-corrected chi connectivity index (χ1v) is 12.2. The Bertz CT molecular complexity index is 1160. The van der Waals surface area contributed by atoms with Crippen LogP contribution in [0.5, 0.6) is 0 Å². The molecule has 1 amide bonds. The summed E-state index contributed by atoms with van der Waals surface area (Å²) in [5.41, 5.74) is 2.77. The Morgan fingerprint density at radius 3 is 2.03 bits per heavy atom. The van der Waals surface area contributed by atoms with Gasteiger partial charge in [-0.25, -0.2) is 8.42 Å². The van der Waals surface area contributed by atoms with Gasteiger partial charge in [-0.3, -0.25) is 9.69 Å². The molecule has 3 aromatic rings. The van der Waals surface area contributed by atoms with Crippen molar-refractivity contribution in [3.8, 4) is 11.1 Å². The molecule has 1 saturated heterocycles. The van der Waals surface area contributed by atoms with Crippen molar-refractivity contribution in [1.29, 1.82) is 0 Å². The number of sulfonamides is 1. The maximum absolute atomic E-state index is 13.0. The maximum atomic E-state index is 13.0. The Labute approximate surface area is 189 Å². The van der Waals surface area contributed by atoms with Gasteiger partial charge in [0, 0.05) is 37.4 Å². The predicted octanol–water partition coefficient (Wildman–Crippen LogP) is 3.69. The first kappa shape index (κ1) is 22.2. The third kappa shape index (κ3) is 4.75. The molecule has 4 rings (SSSR count). The van der Waals surface area contributed by atoms with Gasteiger partial charge in [0.1, 0.15) is 0 Å². The van der Waals surface area contributed by atoms with Gasteiger partial charge in [-0.15, -0.1) is 0 Å². The average molecular weight is 450 g/mol. The number of rotatable bonds is 6. The van der Waals surface area contributed by atoms with Crippen LogP contribution in [0.15, 0.2) is 89.8 Å². The van der Waals surface area contributed by atoms with Crippen LogP contribution in [0.2, 0.25) is 0 Å². The van der Waals surface area contributed by atoms with Crippen molar-refractivity contribution in [2.24, 2.45) is 0 Å². The van der Waals surface area contributed by atoms with E-state index >= 15 is 0 Å². The zero-order valence-corrected chi connectivity index (χ0v) is 18.8. The van der Waals surface area contributed by atoms with Crippen LogP contribution in [-0.2, 0) is 14.8 Å². The first-order valence-electron chi connectivity index (χ1n) is 10.7. The van der Waals surface area contributed by atoms with Gasteiger partial charge in [-0.1, -0.05) is 66.7 Å². The van der Waals surface area contributed by atoms with E-state index in [1.54, 1.807) is 30.3 Å². The molecule has 3 aromatic carbocycles. The van der Waals surface area contributed by atoms with Gasteiger partial charge in [0.2, 0.25) is 15.9 Å². The quantitative estimate of drug-likeness (QED) is 0.623. The summed E-state index contributed by atoms with van der Waals surface area (Å²) in [6, 6.07) is 25.8. The summed E-state index contributed by atoms with van der Waals surface area (Å²) >= 11 is 0. The van der Waals surface area contributed by atoms with Crippen molar-refractivity contribution in [3.05, 3.63) is 84.9 Å². The molecule has 1 aliphatic rings. The minimum atomic E-state index is -3.51. The number of hydrogen-bond donors (Lipinski definition) is 1. The highest BCUT2D eigenvalue weighted by molar-refractivity contribution is 7.89. The fourth-order valence-corrected chi connectivity index (χ4v) is 5.38. The number of benzene rings is 3. The summed E-state index contributed by atoms with van der Waals surface area (Å²) in [7, 11) is -3.51. The summed E-state index contributed by atoms with van der Waals surface area (Å²) in [5, 5.41) is 3.06. The van der Waals surface area contributed by atoms with Crippen LogP contribution in [0, 0.1) is 0 Å². The molecule has 1 atom stereocenters. The number of carbonyl (C=O) groups excluding carboxylic acids is 1. The van der Waals surface area contributed by atoms with E-state index in [1.807, 2.05) is 66.4 Å². The second-order valence-electron chi connectivity index (χ2n) is 7.83. The number of piperazine rings is 1. The molecular weight excluding hydrogens is 422 g/mol. The molecule has 166 valence electrons. The van der Waals surface area contributed by atoms with Crippen LogP contribution in [0.4, 0.5) is 5.69 Å². The van der Waals surface area contributed by atoms with E-state index in [2.05, 4.69) is 5.32 Å². The van der Waals surface area contributed by atoms with E-state index in [0.29, 0.717) is 31.1 Å². The van der Waals surface area contributed by atoms with Crippen LogP contribution in [0.3, 0.4) is 0 Å². The summed E-state index contributed by atoms with van der Waals surface area (Å²) in [6.45, 7) is 3.58. The SMILES string of the molecule is C[C@@H](C(=O)Nc1ccccc1-c1ccccc1)N1CCN(S(=O)(=O)c2ccccc2)CC1. The van der Waals surface area contributed by atoms with Crippen LogP contribution in [0.25, 0.3) is 11.1 Å². The molecule has 1 fully saturated rings. The fraction of sp³-hybridized carbons (Fsp3) is 0.240. The number of para-hydroxylation sites is 1. The third-order valence-corrected chi connectivity index (χ3v) is 7.76. The van der Waals surface area contributed by atoms with Gasteiger partial charge >= 0.3 is 0 Å². The van der Waals surface area contributed by atoms with Gasteiger partial charge in [0.25, 0.3) is 0 Å². The van der Waals surface area contributed by atoms with Gasteiger partial charge in [-0.2, -0.15) is 4.31 Å². The smallest absolute Gasteiger partial charge is 0.243 e. The highest BCUT2D eigenvalue weighted by atomic mass is 32.2. The van der Waals surface area contributed by atoms with Gasteiger partial charge < -0.3 is 5.32 Å². The lowest BCUT2D eigenvalue weighted by atomic mass is 10.0. The van der Waals surface area contributed by atoms with E-state index in [1.165, 1.54) is 4.31 Å². The summed E-state index contributed by atoms with van der Waals surface area (Å²) in [4.78, 5) is 15.3. The zero-order valence-electron chi connectivity index (χ0n) is 18.0. The summed E-state index contributed by atoms with van der Waals surface area (Å²) < 4.78 is 27.2. The molecule has 0 radical (unpaired) electrons. The summed E-state index contributed by atoms with van der Waals surface area (Å²) in [5.74, 6) is -0.104. The minimum absolute atomic E-state index is 0.104. The van der Waals surface area contributed by atoms with E-state index < -0.39 is 10.0 Å². The Hall–Kier alpha value is -3.00. The van der Waals surface area contributed by atoms with Crippen LogP contribution >= 0.6 is 0 Å². The molecule has 1 N–H and O–H groups in total. The summed E-state index contributed by atoms with van der Waals surface area (Å²) in [6.07, 6.45) is 0. The standard InChI is InChI=1S/C25H27N3O3S/c1-20(25(29)26-24-15-9-8-14-23(24)21-10-4-2-5-11-21)27-16-18-28(19-17-27)32(30,31)22-12-6-3-7-13-22/h2-15,20H,16-19H2,1H3,(H,26,29)/t20-/m0/s1. The van der Waals surface area contributed by atoms with Crippen molar-refractivity contribution in [1.82, 2.24) is 9.21 Å². The van der Waals surface area contributed by atoms with E-state index in [9.17, 15) is 13.2 Å². The molecule has 0 spiro atoms. The van der Waals surface area contributed by atoms with Crippen LogP contribution < -0.4 is 5.32 Å². The highest BCUT2D eigenvalue weighted by Gasteiger charge is 2.31. The average Bonchev–Trinajstić information content (AvgIpc) is 2.85. The van der Waals surface area contributed by atoms with E-state index in [0.717, 1.165) is 16.8 Å². The van der Waals surface area contributed by atoms with Crippen molar-refractivity contribution < 1.29 is 13.2 Å². The molecule has 1 aliphatic heterocycles. The number of nitrogens with zero attached hydrogens (tertiary/aromatic N) is 2. The Morgan fingerprint density at radius 2 is 1.38 bits per heavy atom. The lowest BCUT2D eigenvalue weighted by molar-refractivity contribution is -0.121. The number of hydrogen-bond acceptors (Lipinski definition) is 4. The first-order chi connectivity index (χ1) is 15.5. The maximum Gasteiger partial charge on any atom is 0.243 e.